The first-order valence-corrected chi connectivity index (χ1v) is 7.37. The smallest absolute Gasteiger partial charge is 0.238 e. The van der Waals surface area contributed by atoms with Crippen molar-refractivity contribution in [3.63, 3.8) is 0 Å². The van der Waals surface area contributed by atoms with Crippen LogP contribution >= 0.6 is 0 Å². The molecule has 0 aromatic heterocycles. The Bertz CT molecular complexity index is 468. The number of hydrogen-bond donors (Lipinski definition) is 1. The van der Waals surface area contributed by atoms with E-state index in [9.17, 15) is 13.2 Å². The molecule has 0 aliphatic rings. The Morgan fingerprint density at radius 2 is 1.88 bits per heavy atom. The molecular weight excluding hydrogens is 238 g/mol. The van der Waals surface area contributed by atoms with Crippen LogP contribution in [0.5, 0.6) is 0 Å². The summed E-state index contributed by atoms with van der Waals surface area (Å²) in [6.07, 6.45) is 1.76. The van der Waals surface area contributed by atoms with Gasteiger partial charge in [-0.05, 0) is 18.9 Å². The standard InChI is InChI=1S/C12H17NO3S/c1-10(17(2,15)16)12(14)13-9-8-11-6-4-3-5-7-11/h3-7,10H,8-9H2,1-2H3,(H,13,14)/t10-/m1/s1. The molecule has 0 bridgehead atoms. The van der Waals surface area contributed by atoms with E-state index < -0.39 is 21.0 Å². The van der Waals surface area contributed by atoms with Crippen molar-refractivity contribution < 1.29 is 13.2 Å². The zero-order valence-corrected chi connectivity index (χ0v) is 10.8. The fraction of sp³-hybridized carbons (Fsp3) is 0.417. The van der Waals surface area contributed by atoms with Crippen molar-refractivity contribution in [3.8, 4) is 0 Å². The average Bonchev–Trinajstić information content (AvgIpc) is 2.28. The van der Waals surface area contributed by atoms with Crippen LogP contribution in [0.2, 0.25) is 0 Å². The van der Waals surface area contributed by atoms with Crippen molar-refractivity contribution in [2.45, 2.75) is 18.6 Å². The van der Waals surface area contributed by atoms with Crippen LogP contribution in [0.3, 0.4) is 0 Å². The van der Waals surface area contributed by atoms with Crippen molar-refractivity contribution in [1.82, 2.24) is 5.32 Å². The van der Waals surface area contributed by atoms with E-state index in [4.69, 9.17) is 0 Å². The van der Waals surface area contributed by atoms with Gasteiger partial charge in [0, 0.05) is 12.8 Å². The Labute approximate surface area is 102 Å². The molecule has 0 aliphatic heterocycles. The molecule has 4 nitrogen and oxygen atoms in total. The van der Waals surface area contributed by atoms with Crippen LogP contribution in [0.15, 0.2) is 30.3 Å². The van der Waals surface area contributed by atoms with Crippen LogP contribution in [0, 0.1) is 0 Å². The van der Waals surface area contributed by atoms with Crippen LogP contribution < -0.4 is 5.32 Å². The summed E-state index contributed by atoms with van der Waals surface area (Å²) in [4.78, 5) is 11.5. The highest BCUT2D eigenvalue weighted by Crippen LogP contribution is 2.00. The lowest BCUT2D eigenvalue weighted by molar-refractivity contribution is -0.120. The molecule has 17 heavy (non-hydrogen) atoms. The first-order valence-electron chi connectivity index (χ1n) is 5.42. The molecule has 94 valence electrons. The summed E-state index contributed by atoms with van der Waals surface area (Å²) in [7, 11) is -3.31. The predicted octanol–water partition coefficient (Wildman–Crippen LogP) is 0.778. The normalized spacial score (nSPS) is 13.1. The van der Waals surface area contributed by atoms with Crippen molar-refractivity contribution in [2.24, 2.45) is 0 Å². The van der Waals surface area contributed by atoms with Gasteiger partial charge >= 0.3 is 0 Å². The molecule has 1 rings (SSSR count). The van der Waals surface area contributed by atoms with Gasteiger partial charge in [-0.15, -0.1) is 0 Å². The van der Waals surface area contributed by atoms with Crippen LogP contribution in [-0.2, 0) is 21.1 Å². The molecule has 0 fully saturated rings. The van der Waals surface area contributed by atoms with Crippen LogP contribution in [0.4, 0.5) is 0 Å². The lowest BCUT2D eigenvalue weighted by Gasteiger charge is -2.10. The van der Waals surface area contributed by atoms with E-state index in [-0.39, 0.29) is 0 Å². The molecule has 0 saturated heterocycles. The van der Waals surface area contributed by atoms with Gasteiger partial charge in [0.05, 0.1) is 0 Å². The second-order valence-corrected chi connectivity index (χ2v) is 6.36. The molecule has 0 unspecified atom stereocenters. The molecule has 0 radical (unpaired) electrons. The van der Waals surface area contributed by atoms with Gasteiger partial charge in [-0.3, -0.25) is 4.79 Å². The van der Waals surface area contributed by atoms with Gasteiger partial charge < -0.3 is 5.32 Å². The maximum absolute atomic E-state index is 11.5. The van der Waals surface area contributed by atoms with Crippen molar-refractivity contribution >= 4 is 15.7 Å². The second-order valence-electron chi connectivity index (χ2n) is 4.00. The molecule has 0 aliphatic carbocycles. The van der Waals surface area contributed by atoms with E-state index >= 15 is 0 Å². The van der Waals surface area contributed by atoms with E-state index in [1.54, 1.807) is 0 Å². The zero-order valence-electron chi connectivity index (χ0n) is 10.0. The number of amides is 1. The topological polar surface area (TPSA) is 63.2 Å². The second kappa shape index (κ2) is 5.82. The molecule has 1 aromatic rings. The minimum Gasteiger partial charge on any atom is -0.355 e. The molecule has 0 heterocycles. The fourth-order valence-corrected chi connectivity index (χ4v) is 1.79. The number of benzene rings is 1. The highest BCUT2D eigenvalue weighted by molar-refractivity contribution is 7.92. The molecule has 1 aromatic carbocycles. The first kappa shape index (κ1) is 13.7. The molecule has 0 spiro atoms. The average molecular weight is 255 g/mol. The zero-order chi connectivity index (χ0) is 12.9. The molecule has 5 heteroatoms. The Kier molecular flexibility index (Phi) is 4.69. The summed E-state index contributed by atoms with van der Waals surface area (Å²) in [5.74, 6) is -0.441. The summed E-state index contributed by atoms with van der Waals surface area (Å²) in [5, 5.41) is 1.63. The number of rotatable bonds is 5. The first-order chi connectivity index (χ1) is 7.91. The molecule has 1 amide bonds. The van der Waals surface area contributed by atoms with Gasteiger partial charge in [-0.2, -0.15) is 0 Å². The molecular formula is C12H17NO3S. The fourth-order valence-electron chi connectivity index (χ4n) is 1.31. The SMILES string of the molecule is C[C@H](C(=O)NCCc1ccccc1)S(C)(=O)=O. The third kappa shape index (κ3) is 4.56. The monoisotopic (exact) mass is 255 g/mol. The number of sulfone groups is 1. The lowest BCUT2D eigenvalue weighted by atomic mass is 10.1. The quantitative estimate of drug-likeness (QED) is 0.845. The van der Waals surface area contributed by atoms with Crippen LogP contribution in [-0.4, -0.2) is 32.4 Å². The van der Waals surface area contributed by atoms with Gasteiger partial charge in [0.1, 0.15) is 5.25 Å². The molecule has 0 saturated carbocycles. The molecule has 1 N–H and O–H groups in total. The van der Waals surface area contributed by atoms with Crippen molar-refractivity contribution in [3.05, 3.63) is 35.9 Å². The summed E-state index contributed by atoms with van der Waals surface area (Å²) >= 11 is 0. The van der Waals surface area contributed by atoms with Gasteiger partial charge in [0.25, 0.3) is 0 Å². The minimum atomic E-state index is -3.31. The lowest BCUT2D eigenvalue weighted by Crippen LogP contribution is -2.38. The van der Waals surface area contributed by atoms with Gasteiger partial charge in [-0.1, -0.05) is 30.3 Å². The van der Waals surface area contributed by atoms with Gasteiger partial charge in [0.15, 0.2) is 9.84 Å². The maximum Gasteiger partial charge on any atom is 0.238 e. The summed E-state index contributed by atoms with van der Waals surface area (Å²) in [6, 6.07) is 9.71. The van der Waals surface area contributed by atoms with Crippen LogP contribution in [0.25, 0.3) is 0 Å². The number of carbonyl (C=O) groups excluding carboxylic acids is 1. The highest BCUT2D eigenvalue weighted by Gasteiger charge is 2.22. The van der Waals surface area contributed by atoms with Crippen LogP contribution in [0.1, 0.15) is 12.5 Å². The van der Waals surface area contributed by atoms with Gasteiger partial charge in [-0.25, -0.2) is 8.42 Å². The maximum atomic E-state index is 11.5. The number of nitrogens with one attached hydrogen (secondary N) is 1. The summed E-state index contributed by atoms with van der Waals surface area (Å²) in [5.41, 5.74) is 1.11. The number of carbonyl (C=O) groups is 1. The van der Waals surface area contributed by atoms with E-state index in [0.717, 1.165) is 11.8 Å². The predicted molar refractivity (Wildman–Crippen MR) is 67.5 cm³/mol. The number of hydrogen-bond acceptors (Lipinski definition) is 3. The third-order valence-corrected chi connectivity index (χ3v) is 4.07. The summed E-state index contributed by atoms with van der Waals surface area (Å²) < 4.78 is 22.3. The van der Waals surface area contributed by atoms with E-state index in [1.807, 2.05) is 30.3 Å². The summed E-state index contributed by atoms with van der Waals surface area (Å²) in [6.45, 7) is 1.84. The Balaban J connectivity index is 2.40. The van der Waals surface area contributed by atoms with E-state index in [2.05, 4.69) is 5.32 Å². The van der Waals surface area contributed by atoms with Crippen molar-refractivity contribution in [1.29, 1.82) is 0 Å². The Morgan fingerprint density at radius 1 is 1.29 bits per heavy atom. The Morgan fingerprint density at radius 3 is 2.41 bits per heavy atom. The van der Waals surface area contributed by atoms with E-state index in [1.165, 1.54) is 6.92 Å². The minimum absolute atomic E-state index is 0.441. The highest BCUT2D eigenvalue weighted by atomic mass is 32.2. The van der Waals surface area contributed by atoms with Crippen molar-refractivity contribution in [2.75, 3.05) is 12.8 Å². The van der Waals surface area contributed by atoms with E-state index in [0.29, 0.717) is 13.0 Å². The molecule has 1 atom stereocenters. The third-order valence-electron chi connectivity index (χ3n) is 2.57. The largest absolute Gasteiger partial charge is 0.355 e. The Hall–Kier alpha value is -1.36. The van der Waals surface area contributed by atoms with Gasteiger partial charge in [0.2, 0.25) is 5.91 Å².